The number of hydrogen-bond acceptors (Lipinski definition) is 8. The molecule has 0 spiro atoms. The summed E-state index contributed by atoms with van der Waals surface area (Å²) in [5, 5.41) is 7.96. The molecule has 0 saturated carbocycles. The number of aromatic nitrogens is 3. The lowest BCUT2D eigenvalue weighted by atomic mass is 10.1. The first-order valence-corrected chi connectivity index (χ1v) is 11.2. The highest BCUT2D eigenvalue weighted by atomic mass is 35.5. The second-order valence-electron chi connectivity index (χ2n) is 7.97. The molecule has 1 aromatic carbocycles. The molecule has 2 N–H and O–H groups in total. The number of nitrogens with one attached hydrogen (secondary N) is 2. The number of anilines is 2. The Morgan fingerprint density at radius 3 is 2.84 bits per heavy atom. The minimum Gasteiger partial charge on any atom is -0.493 e. The van der Waals surface area contributed by atoms with E-state index in [1.54, 1.807) is 13.2 Å². The van der Waals surface area contributed by atoms with Gasteiger partial charge < -0.3 is 24.8 Å². The molecule has 1 saturated heterocycles. The van der Waals surface area contributed by atoms with Gasteiger partial charge in [-0.05, 0) is 39.7 Å². The topological polar surface area (TPSA) is 90.4 Å². The van der Waals surface area contributed by atoms with Crippen molar-refractivity contribution in [3.8, 4) is 17.4 Å². The van der Waals surface area contributed by atoms with Crippen molar-refractivity contribution in [3.63, 3.8) is 0 Å². The van der Waals surface area contributed by atoms with Gasteiger partial charge in [0.15, 0.2) is 0 Å². The van der Waals surface area contributed by atoms with Crippen LogP contribution in [0.3, 0.4) is 0 Å². The van der Waals surface area contributed by atoms with Gasteiger partial charge in [-0.1, -0.05) is 11.6 Å². The predicted octanol–water partition coefficient (Wildman–Crippen LogP) is 4.74. The van der Waals surface area contributed by atoms with Crippen LogP contribution >= 0.6 is 11.6 Å². The van der Waals surface area contributed by atoms with E-state index in [-0.39, 0.29) is 6.10 Å². The van der Waals surface area contributed by atoms with E-state index in [0.29, 0.717) is 46.3 Å². The van der Waals surface area contributed by atoms with E-state index in [2.05, 4.69) is 25.6 Å². The molecule has 0 radical (unpaired) electrons. The van der Waals surface area contributed by atoms with Crippen molar-refractivity contribution in [1.29, 1.82) is 0 Å². The highest BCUT2D eigenvalue weighted by Gasteiger charge is 2.17. The third kappa shape index (κ3) is 5.31. The van der Waals surface area contributed by atoms with Crippen molar-refractivity contribution < 1.29 is 14.2 Å². The standard InChI is InChI=1S/C23H28ClN5O3/c1-14(2)32-20-10-16(31-8-6-15-5-4-7-25-15)9-19-22(20)23(28-13-27-19)29-18-11-21(30-3)26-12-17(18)24/h9-15,25H,4-8H2,1-3H3,(H,26,27,28,29). The van der Waals surface area contributed by atoms with Crippen molar-refractivity contribution in [2.24, 2.45) is 0 Å². The lowest BCUT2D eigenvalue weighted by Gasteiger charge is -2.18. The van der Waals surface area contributed by atoms with Gasteiger partial charge in [0.05, 0.1) is 47.6 Å². The van der Waals surface area contributed by atoms with Crippen molar-refractivity contribution in [2.45, 2.75) is 45.3 Å². The fourth-order valence-electron chi connectivity index (χ4n) is 3.73. The predicted molar refractivity (Wildman–Crippen MR) is 126 cm³/mol. The molecule has 9 heteroatoms. The Balaban J connectivity index is 1.65. The summed E-state index contributed by atoms with van der Waals surface area (Å²) >= 11 is 6.33. The summed E-state index contributed by atoms with van der Waals surface area (Å²) in [6.07, 6.45) is 6.40. The zero-order chi connectivity index (χ0) is 22.5. The molecular weight excluding hydrogens is 430 g/mol. The molecule has 32 heavy (non-hydrogen) atoms. The van der Waals surface area contributed by atoms with Gasteiger partial charge in [0, 0.05) is 24.2 Å². The number of methoxy groups -OCH3 is 1. The summed E-state index contributed by atoms with van der Waals surface area (Å²) in [5.74, 6) is 2.38. The average molecular weight is 458 g/mol. The highest BCUT2D eigenvalue weighted by Crippen LogP contribution is 2.37. The average Bonchev–Trinajstić information content (AvgIpc) is 3.28. The van der Waals surface area contributed by atoms with E-state index in [1.165, 1.54) is 25.4 Å². The molecule has 1 aliphatic heterocycles. The van der Waals surface area contributed by atoms with Gasteiger partial charge in [0.1, 0.15) is 23.6 Å². The van der Waals surface area contributed by atoms with Crippen LogP contribution in [0.1, 0.15) is 33.1 Å². The van der Waals surface area contributed by atoms with Crippen molar-refractivity contribution in [3.05, 3.63) is 35.7 Å². The van der Waals surface area contributed by atoms with Gasteiger partial charge in [0.25, 0.3) is 0 Å². The normalized spacial score (nSPS) is 15.8. The monoisotopic (exact) mass is 457 g/mol. The smallest absolute Gasteiger partial charge is 0.215 e. The number of hydrogen-bond donors (Lipinski definition) is 2. The Hall–Kier alpha value is -2.84. The second-order valence-corrected chi connectivity index (χ2v) is 8.37. The Morgan fingerprint density at radius 1 is 1.22 bits per heavy atom. The molecule has 1 atom stereocenters. The van der Waals surface area contributed by atoms with Gasteiger partial charge in [-0.25, -0.2) is 15.0 Å². The van der Waals surface area contributed by atoms with Crippen LogP contribution in [0.4, 0.5) is 11.5 Å². The number of benzene rings is 1. The first kappa shape index (κ1) is 22.4. The lowest BCUT2D eigenvalue weighted by Crippen LogP contribution is -2.23. The highest BCUT2D eigenvalue weighted by molar-refractivity contribution is 6.33. The van der Waals surface area contributed by atoms with E-state index in [0.717, 1.165) is 24.1 Å². The Labute approximate surface area is 192 Å². The second kappa shape index (κ2) is 10.2. The minimum absolute atomic E-state index is 0.0335. The number of nitrogens with zero attached hydrogens (tertiary/aromatic N) is 3. The van der Waals surface area contributed by atoms with Gasteiger partial charge in [-0.15, -0.1) is 0 Å². The zero-order valence-corrected chi connectivity index (χ0v) is 19.3. The van der Waals surface area contributed by atoms with Crippen LogP contribution in [0.2, 0.25) is 5.02 Å². The van der Waals surface area contributed by atoms with E-state index < -0.39 is 0 Å². The summed E-state index contributed by atoms with van der Waals surface area (Å²) in [5.41, 5.74) is 1.34. The maximum Gasteiger partial charge on any atom is 0.215 e. The fraction of sp³-hybridized carbons (Fsp3) is 0.435. The number of pyridine rings is 1. The first-order chi connectivity index (χ1) is 15.5. The maximum absolute atomic E-state index is 6.33. The Morgan fingerprint density at radius 2 is 2.09 bits per heavy atom. The molecule has 8 nitrogen and oxygen atoms in total. The number of fused-ring (bicyclic) bond motifs is 1. The van der Waals surface area contributed by atoms with Crippen LogP contribution in [-0.2, 0) is 0 Å². The molecule has 1 fully saturated rings. The third-order valence-electron chi connectivity index (χ3n) is 5.23. The van der Waals surface area contributed by atoms with E-state index in [4.69, 9.17) is 25.8 Å². The van der Waals surface area contributed by atoms with Gasteiger partial charge in [0.2, 0.25) is 5.88 Å². The van der Waals surface area contributed by atoms with Crippen LogP contribution in [-0.4, -0.2) is 47.4 Å². The van der Waals surface area contributed by atoms with Gasteiger partial charge >= 0.3 is 0 Å². The fourth-order valence-corrected chi connectivity index (χ4v) is 3.88. The molecule has 2 aromatic heterocycles. The zero-order valence-electron chi connectivity index (χ0n) is 18.5. The summed E-state index contributed by atoms with van der Waals surface area (Å²) in [7, 11) is 1.55. The van der Waals surface area contributed by atoms with E-state index >= 15 is 0 Å². The minimum atomic E-state index is -0.0335. The van der Waals surface area contributed by atoms with Crippen molar-refractivity contribution in [1.82, 2.24) is 20.3 Å². The van der Waals surface area contributed by atoms with Crippen LogP contribution < -0.4 is 24.8 Å². The van der Waals surface area contributed by atoms with Crippen LogP contribution in [0.25, 0.3) is 10.9 Å². The molecule has 3 heterocycles. The summed E-state index contributed by atoms with van der Waals surface area (Å²) in [6.45, 7) is 5.68. The van der Waals surface area contributed by atoms with E-state index in [1.807, 2.05) is 26.0 Å². The summed E-state index contributed by atoms with van der Waals surface area (Å²) in [4.78, 5) is 13.0. The van der Waals surface area contributed by atoms with Gasteiger partial charge in [-0.2, -0.15) is 0 Å². The van der Waals surface area contributed by atoms with Crippen LogP contribution in [0.5, 0.6) is 17.4 Å². The molecule has 0 bridgehead atoms. The molecule has 0 amide bonds. The van der Waals surface area contributed by atoms with Crippen LogP contribution in [0.15, 0.2) is 30.7 Å². The van der Waals surface area contributed by atoms with E-state index in [9.17, 15) is 0 Å². The Kier molecular flexibility index (Phi) is 7.12. The molecule has 170 valence electrons. The molecule has 4 rings (SSSR count). The number of ether oxygens (including phenoxy) is 3. The molecule has 1 unspecified atom stereocenters. The molecule has 0 aliphatic carbocycles. The van der Waals surface area contributed by atoms with Crippen molar-refractivity contribution in [2.75, 3.05) is 25.6 Å². The lowest BCUT2D eigenvalue weighted by molar-refractivity contribution is 0.242. The number of rotatable bonds is 9. The Bertz CT molecular complexity index is 1070. The molecule has 3 aromatic rings. The summed E-state index contributed by atoms with van der Waals surface area (Å²) in [6, 6.07) is 6.05. The third-order valence-corrected chi connectivity index (χ3v) is 5.53. The number of halogens is 1. The summed E-state index contributed by atoms with van der Waals surface area (Å²) < 4.78 is 17.4. The van der Waals surface area contributed by atoms with Gasteiger partial charge in [-0.3, -0.25) is 0 Å². The van der Waals surface area contributed by atoms with Crippen molar-refractivity contribution >= 4 is 34.0 Å². The maximum atomic E-state index is 6.33. The largest absolute Gasteiger partial charge is 0.493 e. The van der Waals surface area contributed by atoms with Crippen LogP contribution in [0, 0.1) is 0 Å². The SMILES string of the molecule is COc1cc(Nc2ncnc3cc(OCCC4CCCN4)cc(OC(C)C)c23)c(Cl)cn1. The first-order valence-electron chi connectivity index (χ1n) is 10.8. The quantitative estimate of drug-likeness (QED) is 0.476. The molecule has 1 aliphatic rings. The molecular formula is C23H28ClN5O3.